The molecule has 0 spiro atoms. The van der Waals surface area contributed by atoms with Crippen molar-refractivity contribution in [2.45, 2.75) is 134 Å². The van der Waals surface area contributed by atoms with Crippen LogP contribution in [0.4, 0.5) is 0 Å². The average Bonchev–Trinajstić information content (AvgIpc) is 3.49. The predicted molar refractivity (Wildman–Crippen MR) is 285 cm³/mol. The summed E-state index contributed by atoms with van der Waals surface area (Å²) in [5.74, 6) is 1.26. The Morgan fingerprint density at radius 2 is 0.562 bits per heavy atom. The maximum Gasteiger partial charge on any atom is 2.00 e. The number of benzene rings is 4. The number of rotatable bonds is 4. The molecular weight excluding hydrogens is 963 g/mol. The Labute approximate surface area is 436 Å². The summed E-state index contributed by atoms with van der Waals surface area (Å²) in [6.45, 7) is 56.7. The molecule has 0 fully saturated rings. The van der Waals surface area contributed by atoms with Gasteiger partial charge >= 0.3 is 52.4 Å². The van der Waals surface area contributed by atoms with Crippen LogP contribution in [0.25, 0.3) is 0 Å². The molecule has 0 amide bonds. The first-order valence-corrected chi connectivity index (χ1v) is 28.4. The number of hydrogen-bond donors (Lipinski definition) is 2. The van der Waals surface area contributed by atoms with E-state index >= 15 is 0 Å². The minimum atomic E-state index is -1.53. The Bertz CT molecular complexity index is 1820. The Morgan fingerprint density at radius 3 is 0.672 bits per heavy atom. The topological polar surface area (TPSA) is 24.1 Å². The van der Waals surface area contributed by atoms with Crippen molar-refractivity contribution in [1.82, 2.24) is 9.96 Å². The summed E-state index contributed by atoms with van der Waals surface area (Å²) in [5, 5.41) is 3.39. The molecule has 0 saturated carbocycles. The van der Waals surface area contributed by atoms with Crippen molar-refractivity contribution in [3.8, 4) is 0 Å². The molecule has 0 heterocycles. The van der Waals surface area contributed by atoms with Crippen LogP contribution in [0.5, 0.6) is 0 Å². The van der Waals surface area contributed by atoms with Gasteiger partial charge in [-0.05, 0) is 106 Å². The predicted octanol–water partition coefficient (Wildman–Crippen LogP) is 16.3. The zero-order chi connectivity index (χ0) is 47.6. The van der Waals surface area contributed by atoms with Crippen LogP contribution >= 0.6 is 0 Å². The Hall–Kier alpha value is -2.56. The summed E-state index contributed by atoms with van der Waals surface area (Å²) in [5.41, 5.74) is 13.9. The van der Waals surface area contributed by atoms with Gasteiger partial charge in [0, 0.05) is 11.1 Å². The summed E-state index contributed by atoms with van der Waals surface area (Å²) < 4.78 is 0. The molecule has 2 aliphatic rings. The molecular formula is C58H86N2Si2Zr2. The van der Waals surface area contributed by atoms with Crippen LogP contribution in [0, 0.1) is 39.5 Å². The monoisotopic (exact) mass is 1050 g/mol. The maximum atomic E-state index is 3.89. The van der Waals surface area contributed by atoms with Gasteiger partial charge in [0.15, 0.2) is 0 Å². The van der Waals surface area contributed by atoms with Crippen molar-refractivity contribution in [3.63, 3.8) is 0 Å². The van der Waals surface area contributed by atoms with Crippen molar-refractivity contribution in [1.29, 1.82) is 0 Å². The molecule has 2 nitrogen and oxygen atoms in total. The van der Waals surface area contributed by atoms with Gasteiger partial charge in [-0.25, -0.2) is 0 Å². The Kier molecular flexibility index (Phi) is 29.0. The van der Waals surface area contributed by atoms with E-state index in [1.165, 1.54) is 11.1 Å². The van der Waals surface area contributed by atoms with Crippen molar-refractivity contribution in [2.75, 3.05) is 0 Å². The van der Waals surface area contributed by atoms with Gasteiger partial charge < -0.3 is 9.96 Å². The maximum absolute atomic E-state index is 3.89. The van der Waals surface area contributed by atoms with E-state index < -0.39 is 16.5 Å². The van der Waals surface area contributed by atoms with E-state index in [4.69, 9.17) is 0 Å². The average molecular weight is 1050 g/mol. The first-order chi connectivity index (χ1) is 28.5. The van der Waals surface area contributed by atoms with Gasteiger partial charge in [-0.1, -0.05) is 97.0 Å². The van der Waals surface area contributed by atoms with Crippen LogP contribution in [-0.2, 0) is 52.4 Å². The van der Waals surface area contributed by atoms with Crippen LogP contribution in [0.1, 0.15) is 119 Å². The second kappa shape index (κ2) is 29.3. The van der Waals surface area contributed by atoms with E-state index in [0.29, 0.717) is 11.8 Å². The van der Waals surface area contributed by atoms with E-state index in [2.05, 4.69) is 161 Å². The molecule has 2 unspecified atom stereocenters. The molecule has 2 aliphatic carbocycles. The summed E-state index contributed by atoms with van der Waals surface area (Å²) in [7, 11) is -3.05. The van der Waals surface area contributed by atoms with Gasteiger partial charge in [0.2, 0.25) is 0 Å². The summed E-state index contributed by atoms with van der Waals surface area (Å²) in [6.07, 6.45) is 0. The molecule has 0 bridgehead atoms. The van der Waals surface area contributed by atoms with E-state index in [0.717, 1.165) is 22.3 Å². The van der Waals surface area contributed by atoms with Crippen molar-refractivity contribution < 1.29 is 52.4 Å². The molecule has 344 valence electrons. The second-order valence-corrected chi connectivity index (χ2v) is 28.2. The third kappa shape index (κ3) is 23.3. The van der Waals surface area contributed by atoms with Crippen LogP contribution < -0.4 is 9.96 Å². The summed E-state index contributed by atoms with van der Waals surface area (Å²) in [4.78, 5) is 7.79. The molecule has 4 aromatic rings. The van der Waals surface area contributed by atoms with Gasteiger partial charge in [-0.2, -0.15) is 98.5 Å². The fourth-order valence-electron chi connectivity index (χ4n) is 8.67. The summed E-state index contributed by atoms with van der Waals surface area (Å²) in [6, 6.07) is 39.5. The molecule has 6 rings (SSSR count). The van der Waals surface area contributed by atoms with Crippen molar-refractivity contribution >= 4 is 16.5 Å². The minimum absolute atomic E-state index is 0. The zero-order valence-electron chi connectivity index (χ0n) is 43.5. The third-order valence-corrected chi connectivity index (χ3v) is 18.4. The van der Waals surface area contributed by atoms with E-state index in [1.54, 1.807) is 32.7 Å². The zero-order valence-corrected chi connectivity index (χ0v) is 50.4. The van der Waals surface area contributed by atoms with Crippen molar-refractivity contribution in [2.24, 2.45) is 11.8 Å². The van der Waals surface area contributed by atoms with Crippen LogP contribution in [-0.4, -0.2) is 27.5 Å². The Balaban J connectivity index is 0. The quantitative estimate of drug-likeness (QED) is 0.157. The standard InChI is InChI=1S/2C15H29NSi.4C7H7.2Zr/c2*1-10-11(2)13(4)14(12(10)3)17(8,9)16-15(5,6)7;4*1-7-5-3-2-4-6-7;;/h2*12,16H,1-9H3;4*2-6H,1H2;;/q;;4*-1;2*+2. The molecule has 0 saturated heterocycles. The Morgan fingerprint density at radius 1 is 0.375 bits per heavy atom. The van der Waals surface area contributed by atoms with Crippen LogP contribution in [0.3, 0.4) is 0 Å². The minimum Gasteiger partial charge on any atom is -0.329 e. The number of hydrogen-bond acceptors (Lipinski definition) is 2. The van der Waals surface area contributed by atoms with E-state index in [1.807, 2.05) is 121 Å². The van der Waals surface area contributed by atoms with Crippen LogP contribution in [0.2, 0.25) is 26.2 Å². The third-order valence-electron chi connectivity index (χ3n) is 11.4. The molecule has 0 radical (unpaired) electrons. The van der Waals surface area contributed by atoms with Gasteiger partial charge in [-0.3, -0.25) is 0 Å². The van der Waals surface area contributed by atoms with Gasteiger partial charge in [-0.15, -0.1) is 48.5 Å². The smallest absolute Gasteiger partial charge is 0.329 e. The van der Waals surface area contributed by atoms with Crippen molar-refractivity contribution in [3.05, 3.63) is 215 Å². The SMILES string of the molecule is CC1=C(C)C(C)C([Si](C)(C)NC(C)(C)C)=C1C.CC1=C(C)C(C)C([Si](C)(C)NC(C)(C)C)=C1C.[CH2-]c1ccccc1.[CH2-]c1ccccc1.[CH2-]c1ccccc1.[CH2-]c1ccccc1.[Zr+2].[Zr+2]. The second-order valence-electron chi connectivity index (χ2n) is 20.1. The van der Waals surface area contributed by atoms with Crippen LogP contribution in [0.15, 0.2) is 165 Å². The first kappa shape index (κ1) is 63.5. The molecule has 6 heteroatoms. The molecule has 64 heavy (non-hydrogen) atoms. The normalized spacial score (nSPS) is 15.8. The molecule has 4 aromatic carbocycles. The molecule has 2 atom stereocenters. The first-order valence-electron chi connectivity index (χ1n) is 22.4. The largest absolute Gasteiger partial charge is 2.00 e. The summed E-state index contributed by atoms with van der Waals surface area (Å²) >= 11 is 0. The molecule has 2 N–H and O–H groups in total. The van der Waals surface area contributed by atoms with E-state index in [9.17, 15) is 0 Å². The molecule has 0 aliphatic heterocycles. The van der Waals surface area contributed by atoms with E-state index in [-0.39, 0.29) is 63.5 Å². The fraction of sp³-hybridized carbons (Fsp3) is 0.379. The number of allylic oxidation sites excluding steroid dienone is 8. The number of nitrogens with one attached hydrogen (secondary N) is 2. The van der Waals surface area contributed by atoms with Gasteiger partial charge in [0.1, 0.15) is 16.5 Å². The fourth-order valence-corrected chi connectivity index (χ4v) is 17.5. The molecule has 0 aromatic heterocycles. The van der Waals surface area contributed by atoms with Gasteiger partial charge in [0.25, 0.3) is 0 Å². The van der Waals surface area contributed by atoms with Gasteiger partial charge in [0.05, 0.1) is 0 Å².